The van der Waals surface area contributed by atoms with E-state index in [4.69, 9.17) is 0 Å². The molecule has 25 heavy (non-hydrogen) atoms. The smallest absolute Gasteiger partial charge is 0.234 e. The molecule has 2 aromatic heterocycles. The van der Waals surface area contributed by atoms with Crippen LogP contribution in [0, 0.1) is 13.8 Å². The molecule has 0 spiro atoms. The van der Waals surface area contributed by atoms with E-state index in [1.54, 1.807) is 0 Å². The topological polar surface area (TPSA) is 71.3 Å². The van der Waals surface area contributed by atoms with Crippen LogP contribution < -0.4 is 10.6 Å². The summed E-state index contributed by atoms with van der Waals surface area (Å²) in [6.45, 7) is 4.71. The molecule has 4 rings (SSSR count). The Morgan fingerprint density at radius 1 is 1.24 bits per heavy atom. The SMILES string of the molecule is Cc1cc(C)n2c(CNc3ccc4c(c3)CCCC(=O)N4)cnc2n1. The van der Waals surface area contributed by atoms with E-state index in [2.05, 4.69) is 44.1 Å². The molecule has 1 amide bonds. The summed E-state index contributed by atoms with van der Waals surface area (Å²) in [5, 5.41) is 6.43. The van der Waals surface area contributed by atoms with Crippen LogP contribution in [0.5, 0.6) is 0 Å². The van der Waals surface area contributed by atoms with Gasteiger partial charge in [-0.1, -0.05) is 0 Å². The van der Waals surface area contributed by atoms with Crippen LogP contribution in [0.25, 0.3) is 5.78 Å². The average molecular weight is 335 g/mol. The van der Waals surface area contributed by atoms with Crippen LogP contribution in [0.3, 0.4) is 0 Å². The molecule has 0 atom stereocenters. The third kappa shape index (κ3) is 3.07. The van der Waals surface area contributed by atoms with Gasteiger partial charge in [-0.3, -0.25) is 9.20 Å². The molecule has 1 aliphatic rings. The minimum atomic E-state index is 0.100. The molecule has 0 unspecified atom stereocenters. The van der Waals surface area contributed by atoms with Gasteiger partial charge in [-0.15, -0.1) is 0 Å². The molecule has 6 heteroatoms. The summed E-state index contributed by atoms with van der Waals surface area (Å²) in [6.07, 6.45) is 4.26. The van der Waals surface area contributed by atoms with Gasteiger partial charge in [-0.25, -0.2) is 9.97 Å². The van der Waals surface area contributed by atoms with Crippen LogP contribution in [0.2, 0.25) is 0 Å². The zero-order chi connectivity index (χ0) is 17.4. The standard InChI is InChI=1S/C19H21N5O/c1-12-8-13(2)24-16(11-21-19(24)22-12)10-20-15-6-7-17-14(9-15)4-3-5-18(25)23-17/h6-9,11,20H,3-5,10H2,1-2H3,(H,23,25). The number of nitrogens with one attached hydrogen (secondary N) is 2. The highest BCUT2D eigenvalue weighted by Crippen LogP contribution is 2.25. The highest BCUT2D eigenvalue weighted by atomic mass is 16.1. The van der Waals surface area contributed by atoms with Gasteiger partial charge in [0.2, 0.25) is 11.7 Å². The molecule has 0 fully saturated rings. The summed E-state index contributed by atoms with van der Waals surface area (Å²) in [5.74, 6) is 0.836. The van der Waals surface area contributed by atoms with E-state index >= 15 is 0 Å². The van der Waals surface area contributed by atoms with Crippen molar-refractivity contribution in [2.45, 2.75) is 39.7 Å². The molecule has 6 nitrogen and oxygen atoms in total. The first kappa shape index (κ1) is 15.6. The number of imidazole rings is 1. The second kappa shape index (κ2) is 6.20. The molecule has 0 bridgehead atoms. The number of benzene rings is 1. The van der Waals surface area contributed by atoms with Crippen LogP contribution in [0.1, 0.15) is 35.5 Å². The second-order valence-electron chi connectivity index (χ2n) is 6.55. The minimum absolute atomic E-state index is 0.100. The Hall–Kier alpha value is -2.89. The van der Waals surface area contributed by atoms with Crippen molar-refractivity contribution in [1.29, 1.82) is 0 Å². The van der Waals surface area contributed by atoms with E-state index in [0.29, 0.717) is 13.0 Å². The molecule has 2 N–H and O–H groups in total. The Kier molecular flexibility index (Phi) is 3.87. The van der Waals surface area contributed by atoms with E-state index in [9.17, 15) is 4.79 Å². The lowest BCUT2D eigenvalue weighted by molar-refractivity contribution is -0.116. The number of carbonyl (C=O) groups is 1. The highest BCUT2D eigenvalue weighted by molar-refractivity contribution is 5.92. The van der Waals surface area contributed by atoms with Crippen LogP contribution in [-0.4, -0.2) is 20.3 Å². The summed E-state index contributed by atoms with van der Waals surface area (Å²) >= 11 is 0. The van der Waals surface area contributed by atoms with Gasteiger partial charge in [0, 0.05) is 29.2 Å². The third-order valence-corrected chi connectivity index (χ3v) is 4.57. The third-order valence-electron chi connectivity index (χ3n) is 4.57. The second-order valence-corrected chi connectivity index (χ2v) is 6.55. The minimum Gasteiger partial charge on any atom is -0.379 e. The van der Waals surface area contributed by atoms with Crippen molar-refractivity contribution in [3.05, 3.63) is 53.1 Å². The maximum Gasteiger partial charge on any atom is 0.234 e. The number of anilines is 2. The predicted octanol–water partition coefficient (Wildman–Crippen LogP) is 3.23. The lowest BCUT2D eigenvalue weighted by Gasteiger charge is -2.12. The molecule has 0 saturated heterocycles. The summed E-state index contributed by atoms with van der Waals surface area (Å²) < 4.78 is 2.07. The molecule has 0 aliphatic carbocycles. The fourth-order valence-corrected chi connectivity index (χ4v) is 3.40. The lowest BCUT2D eigenvalue weighted by Crippen LogP contribution is -2.09. The van der Waals surface area contributed by atoms with Crippen molar-refractivity contribution in [3.8, 4) is 0 Å². The Labute approximate surface area is 146 Å². The van der Waals surface area contributed by atoms with Crippen LogP contribution in [-0.2, 0) is 17.8 Å². The van der Waals surface area contributed by atoms with Gasteiger partial charge in [-0.2, -0.15) is 0 Å². The molecular formula is C19H21N5O. The molecule has 3 aromatic rings. The number of fused-ring (bicyclic) bond motifs is 2. The van der Waals surface area contributed by atoms with Gasteiger partial charge >= 0.3 is 0 Å². The van der Waals surface area contributed by atoms with Gasteiger partial charge < -0.3 is 10.6 Å². The Balaban J connectivity index is 1.56. The number of rotatable bonds is 3. The van der Waals surface area contributed by atoms with Gasteiger partial charge in [0.05, 0.1) is 18.4 Å². The van der Waals surface area contributed by atoms with E-state index in [1.165, 1.54) is 5.56 Å². The highest BCUT2D eigenvalue weighted by Gasteiger charge is 2.13. The summed E-state index contributed by atoms with van der Waals surface area (Å²) in [7, 11) is 0. The van der Waals surface area contributed by atoms with Crippen LogP contribution in [0.4, 0.5) is 11.4 Å². The number of hydrogen-bond acceptors (Lipinski definition) is 4. The predicted molar refractivity (Wildman–Crippen MR) is 97.8 cm³/mol. The number of hydrogen-bond donors (Lipinski definition) is 2. The first-order chi connectivity index (χ1) is 12.1. The van der Waals surface area contributed by atoms with Crippen molar-refractivity contribution in [2.75, 3.05) is 10.6 Å². The van der Waals surface area contributed by atoms with Gasteiger partial charge in [-0.05, 0) is 56.5 Å². The van der Waals surface area contributed by atoms with Crippen LogP contribution in [0.15, 0.2) is 30.5 Å². The Morgan fingerprint density at radius 3 is 3.00 bits per heavy atom. The maximum atomic E-state index is 11.6. The first-order valence-electron chi connectivity index (χ1n) is 8.57. The number of amides is 1. The quantitative estimate of drug-likeness (QED) is 0.771. The molecule has 1 aromatic carbocycles. The molecule has 3 heterocycles. The molecule has 1 aliphatic heterocycles. The number of nitrogens with zero attached hydrogens (tertiary/aromatic N) is 3. The Bertz CT molecular complexity index is 960. The van der Waals surface area contributed by atoms with E-state index in [1.807, 2.05) is 25.3 Å². The van der Waals surface area contributed by atoms with Crippen molar-refractivity contribution < 1.29 is 4.79 Å². The summed E-state index contributed by atoms with van der Waals surface area (Å²) in [6, 6.07) is 8.16. The zero-order valence-corrected chi connectivity index (χ0v) is 14.5. The van der Waals surface area contributed by atoms with E-state index in [-0.39, 0.29) is 5.91 Å². The van der Waals surface area contributed by atoms with Gasteiger partial charge in [0.25, 0.3) is 0 Å². The molecule has 128 valence electrons. The zero-order valence-electron chi connectivity index (χ0n) is 14.5. The van der Waals surface area contributed by atoms with Gasteiger partial charge in [0.1, 0.15) is 0 Å². The van der Waals surface area contributed by atoms with Crippen molar-refractivity contribution in [1.82, 2.24) is 14.4 Å². The van der Waals surface area contributed by atoms with Crippen molar-refractivity contribution in [3.63, 3.8) is 0 Å². The average Bonchev–Trinajstić information content (AvgIpc) is 2.88. The number of carbonyl (C=O) groups excluding carboxylic acids is 1. The first-order valence-corrected chi connectivity index (χ1v) is 8.57. The summed E-state index contributed by atoms with van der Waals surface area (Å²) in [4.78, 5) is 20.5. The van der Waals surface area contributed by atoms with E-state index in [0.717, 1.165) is 47.1 Å². The summed E-state index contributed by atoms with van der Waals surface area (Å²) in [5.41, 5.74) is 6.33. The fourth-order valence-electron chi connectivity index (χ4n) is 3.40. The van der Waals surface area contributed by atoms with Gasteiger partial charge in [0.15, 0.2) is 0 Å². The fraction of sp³-hybridized carbons (Fsp3) is 0.316. The van der Waals surface area contributed by atoms with Crippen molar-refractivity contribution >= 4 is 23.1 Å². The molecule has 0 radical (unpaired) electrons. The molecule has 0 saturated carbocycles. The van der Waals surface area contributed by atoms with Crippen molar-refractivity contribution in [2.24, 2.45) is 0 Å². The maximum absolute atomic E-state index is 11.6. The van der Waals surface area contributed by atoms with E-state index < -0.39 is 0 Å². The molecular weight excluding hydrogens is 314 g/mol. The normalized spacial score (nSPS) is 14.1. The lowest BCUT2D eigenvalue weighted by atomic mass is 10.1. The number of aromatic nitrogens is 3. The largest absolute Gasteiger partial charge is 0.379 e. The monoisotopic (exact) mass is 335 g/mol. The number of aryl methyl sites for hydroxylation is 3. The van der Waals surface area contributed by atoms with Crippen LogP contribution >= 0.6 is 0 Å². The Morgan fingerprint density at radius 2 is 2.12 bits per heavy atom.